The van der Waals surface area contributed by atoms with Crippen molar-refractivity contribution in [2.75, 3.05) is 0 Å². The first-order valence-corrected chi connectivity index (χ1v) is 0. The monoisotopic (exact) mass is 576 g/mol. The van der Waals surface area contributed by atoms with Gasteiger partial charge < -0.3 is 0 Å². The summed E-state index contributed by atoms with van der Waals surface area (Å²) in [7, 11) is 0. The van der Waals surface area contributed by atoms with Crippen LogP contribution < -0.4 is 0 Å². The van der Waals surface area contributed by atoms with Gasteiger partial charge in [0.2, 0.25) is 0 Å². The molecule has 5 heavy (non-hydrogen) atoms. The normalized spacial score (nSPS) is 0. The summed E-state index contributed by atoms with van der Waals surface area (Å²) in [5.41, 5.74) is 0. The van der Waals surface area contributed by atoms with E-state index >= 15 is 0 Å². The zero-order valence-electron chi connectivity index (χ0n) is 3.54. The molecule has 0 rings (SSSR count). The Labute approximate surface area is 137 Å². The first-order valence-electron chi connectivity index (χ1n) is 0. The Balaban J connectivity index is 0. The maximum Gasteiger partial charge on any atom is 0 e. The number of rotatable bonds is 0. The van der Waals surface area contributed by atoms with Crippen molar-refractivity contribution in [2.24, 2.45) is 0 Å². The van der Waals surface area contributed by atoms with E-state index in [0.717, 1.165) is 0 Å². The van der Waals surface area contributed by atoms with Crippen molar-refractivity contribution in [3.8, 4) is 0 Å². The fourth-order valence-electron chi connectivity index (χ4n) is 0. The van der Waals surface area contributed by atoms with Crippen molar-refractivity contribution < 1.29 is 0 Å². The molecule has 0 atom stereocenters. The van der Waals surface area contributed by atoms with Crippen molar-refractivity contribution in [1.82, 2.24) is 0 Å². The average Bonchev–Trinajstić information content (AvgIpc) is 0. The summed E-state index contributed by atoms with van der Waals surface area (Å²) < 4.78 is 0. The van der Waals surface area contributed by atoms with E-state index in [9.17, 15) is 0 Å². The van der Waals surface area contributed by atoms with Gasteiger partial charge in [0.1, 0.15) is 0 Å². The quantitative estimate of drug-likeness (QED) is 0.261. The van der Waals surface area contributed by atoms with Gasteiger partial charge >= 0.3 is 95.6 Å². The van der Waals surface area contributed by atoms with Gasteiger partial charge in [0.05, 0.1) is 0 Å². The smallest absolute Gasteiger partial charge is 0 e. The molecular weight excluding hydrogens is 562 g/mol. The van der Waals surface area contributed by atoms with Crippen molar-refractivity contribution in [3.05, 3.63) is 0 Å². The molecule has 0 bridgehead atoms. The fraction of sp³-hybridized carbons (Fsp3) is 0. The van der Waals surface area contributed by atoms with Crippen molar-refractivity contribution in [2.45, 2.75) is 0 Å². The van der Waals surface area contributed by atoms with Gasteiger partial charge in [-0.05, 0) is 0 Å². The molecule has 0 aromatic rings. The van der Waals surface area contributed by atoms with Crippen molar-refractivity contribution >= 4 is 141 Å². The average molecular weight is 571 g/mol. The van der Waals surface area contributed by atoms with Crippen LogP contribution in [0.5, 0.6) is 0 Å². The minimum Gasteiger partial charge on any atom is 0 e. The molecule has 5 heteroatoms. The molecule has 0 aromatic carbocycles. The summed E-state index contributed by atoms with van der Waals surface area (Å²) >= 11 is 0. The standard InChI is InChI=1S/4Sn.Sr.8H. The van der Waals surface area contributed by atoms with Gasteiger partial charge in [-0.15, -0.1) is 0 Å². The maximum absolute atomic E-state index is 0. The van der Waals surface area contributed by atoms with Crippen LogP contribution in [0.15, 0.2) is 0 Å². The zero-order chi connectivity index (χ0) is 0. The SMILES string of the molecule is [SnH2].[SnH2].[SnH2].[SnH2].[Sr]. The van der Waals surface area contributed by atoms with Gasteiger partial charge in [0, 0.05) is 45.5 Å². The van der Waals surface area contributed by atoms with Crippen LogP contribution in [0.3, 0.4) is 0 Å². The molecule has 0 heterocycles. The van der Waals surface area contributed by atoms with Crippen LogP contribution in [-0.4, -0.2) is 141 Å². The van der Waals surface area contributed by atoms with Crippen LogP contribution in [0.1, 0.15) is 0 Å². The van der Waals surface area contributed by atoms with Crippen LogP contribution >= 0.6 is 0 Å². The summed E-state index contributed by atoms with van der Waals surface area (Å²) in [6.45, 7) is 0. The Morgan fingerprint density at radius 2 is 0.400 bits per heavy atom. The van der Waals surface area contributed by atoms with E-state index in [-0.39, 0.29) is 141 Å². The van der Waals surface area contributed by atoms with E-state index in [1.807, 2.05) is 0 Å². The van der Waals surface area contributed by atoms with Gasteiger partial charge in [-0.3, -0.25) is 0 Å². The van der Waals surface area contributed by atoms with Gasteiger partial charge in [-0.1, -0.05) is 0 Å². The maximum atomic E-state index is 0. The molecule has 0 saturated carbocycles. The first-order chi connectivity index (χ1) is 0. The second-order valence-electron chi connectivity index (χ2n) is 0. The van der Waals surface area contributed by atoms with Crippen LogP contribution in [0.4, 0.5) is 0 Å². The molecule has 0 N–H and O–H groups in total. The van der Waals surface area contributed by atoms with Crippen LogP contribution in [0, 0.1) is 0 Å². The second-order valence-corrected chi connectivity index (χ2v) is 0. The molecule has 0 spiro atoms. The second kappa shape index (κ2) is 23.4. The van der Waals surface area contributed by atoms with E-state index in [2.05, 4.69) is 0 Å². The van der Waals surface area contributed by atoms with Crippen LogP contribution in [-0.2, 0) is 0 Å². The molecule has 0 aromatic heterocycles. The van der Waals surface area contributed by atoms with Crippen LogP contribution in [0.25, 0.3) is 0 Å². The molecule has 0 amide bonds. The summed E-state index contributed by atoms with van der Waals surface area (Å²) in [6, 6.07) is 0. The van der Waals surface area contributed by atoms with E-state index in [1.54, 1.807) is 0 Å². The Morgan fingerprint density at radius 3 is 0.400 bits per heavy atom. The Hall–Kier alpha value is 4.68. The molecule has 0 aliphatic heterocycles. The molecule has 0 fully saturated rings. The van der Waals surface area contributed by atoms with Crippen LogP contribution in [0.2, 0.25) is 0 Å². The molecular formula is H8Sn4Sr. The molecule has 0 aliphatic carbocycles. The van der Waals surface area contributed by atoms with E-state index in [1.165, 1.54) is 0 Å². The summed E-state index contributed by atoms with van der Waals surface area (Å²) in [5.74, 6) is 0. The Bertz CT molecular complexity index is 3.61. The number of hydrogen-bond donors (Lipinski definition) is 0. The largest absolute Gasteiger partial charge is 0 e. The predicted octanol–water partition coefficient (Wildman–Crippen LogP) is -4.05. The van der Waals surface area contributed by atoms with E-state index in [0.29, 0.717) is 0 Å². The Kier molecular flexibility index (Phi) is 156. The number of hydrogen-bond acceptors (Lipinski definition) is 0. The van der Waals surface area contributed by atoms with Crippen molar-refractivity contribution in [1.29, 1.82) is 0 Å². The molecule has 0 aliphatic rings. The molecule has 26 valence electrons. The summed E-state index contributed by atoms with van der Waals surface area (Å²) in [6.07, 6.45) is 0. The minimum atomic E-state index is 0. The van der Waals surface area contributed by atoms with Gasteiger partial charge in [-0.25, -0.2) is 0 Å². The Morgan fingerprint density at radius 1 is 0.400 bits per heavy atom. The third-order valence-electron chi connectivity index (χ3n) is 0. The van der Waals surface area contributed by atoms with Gasteiger partial charge in [-0.2, -0.15) is 0 Å². The van der Waals surface area contributed by atoms with E-state index in [4.69, 9.17) is 0 Å². The molecule has 10 radical (unpaired) electrons. The summed E-state index contributed by atoms with van der Waals surface area (Å²) in [4.78, 5) is 0. The first kappa shape index (κ1) is 33.3. The molecule has 0 saturated heterocycles. The third-order valence-corrected chi connectivity index (χ3v) is 0. The zero-order valence-corrected chi connectivity index (χ0v) is 23.2. The minimum absolute atomic E-state index is 0. The van der Waals surface area contributed by atoms with E-state index < -0.39 is 0 Å². The predicted molar refractivity (Wildman–Crippen MR) is 39.9 cm³/mol. The fourth-order valence-corrected chi connectivity index (χ4v) is 0. The third kappa shape index (κ3) is 17.7. The van der Waals surface area contributed by atoms with Gasteiger partial charge in [0.15, 0.2) is 0 Å². The molecule has 0 unspecified atom stereocenters. The van der Waals surface area contributed by atoms with Gasteiger partial charge in [0.25, 0.3) is 0 Å². The summed E-state index contributed by atoms with van der Waals surface area (Å²) in [5, 5.41) is 0. The topological polar surface area (TPSA) is 0 Å². The van der Waals surface area contributed by atoms with Crippen molar-refractivity contribution in [3.63, 3.8) is 0 Å². The molecule has 0 nitrogen and oxygen atoms in total.